The van der Waals surface area contributed by atoms with Gasteiger partial charge < -0.3 is 15.0 Å². The molecule has 8 heteroatoms. The maximum Gasteiger partial charge on any atom is 0.252 e. The maximum atomic E-state index is 13.7. The Kier molecular flexibility index (Phi) is 5.77. The highest BCUT2D eigenvalue weighted by Gasteiger charge is 2.37. The topological polar surface area (TPSA) is 80.2 Å². The Bertz CT molecular complexity index is 1100. The van der Waals surface area contributed by atoms with Gasteiger partial charge in [0.25, 0.3) is 5.91 Å². The van der Waals surface area contributed by atoms with Gasteiger partial charge in [-0.2, -0.15) is 0 Å². The monoisotopic (exact) mass is 433 g/mol. The second kappa shape index (κ2) is 9.00. The number of halogens is 1. The summed E-state index contributed by atoms with van der Waals surface area (Å²) in [7, 11) is 0. The zero-order valence-electron chi connectivity index (χ0n) is 17.6. The summed E-state index contributed by atoms with van der Waals surface area (Å²) in [4.78, 5) is 28.6. The molecule has 4 heterocycles. The Labute approximate surface area is 185 Å². The van der Waals surface area contributed by atoms with Crippen molar-refractivity contribution in [1.82, 2.24) is 19.9 Å². The van der Waals surface area contributed by atoms with Crippen LogP contribution in [0.5, 0.6) is 0 Å². The summed E-state index contributed by atoms with van der Waals surface area (Å²) in [6.45, 7) is 1.30. The van der Waals surface area contributed by atoms with Crippen molar-refractivity contribution in [1.29, 1.82) is 0 Å². The summed E-state index contributed by atoms with van der Waals surface area (Å²) in [6.07, 6.45) is 6.39. The number of nitrogens with zero attached hydrogens (tertiary/aromatic N) is 4. The number of amides is 1. The highest BCUT2D eigenvalue weighted by Crippen LogP contribution is 2.34. The molecular weight excluding hydrogens is 409 g/mol. The molecule has 1 amide bonds. The molecule has 164 valence electrons. The Morgan fingerprint density at radius 2 is 1.97 bits per heavy atom. The lowest BCUT2D eigenvalue weighted by atomic mass is 10.1. The first kappa shape index (κ1) is 20.5. The van der Waals surface area contributed by atoms with Crippen molar-refractivity contribution < 1.29 is 13.9 Å². The summed E-state index contributed by atoms with van der Waals surface area (Å²) in [5.41, 5.74) is 2.20. The number of anilines is 2. The van der Waals surface area contributed by atoms with Gasteiger partial charge in [0, 0.05) is 42.9 Å². The lowest BCUT2D eigenvalue weighted by Gasteiger charge is -2.26. The SMILES string of the molecule is O=C([C@H]1CCCO1)N1CCC[C@H]1c1nc(Nc2cccc(F)c2)cc(-c2ccncc2)n1. The molecule has 2 atom stereocenters. The van der Waals surface area contributed by atoms with Crippen molar-refractivity contribution in [2.75, 3.05) is 18.5 Å². The number of carbonyl (C=O) groups is 1. The highest BCUT2D eigenvalue weighted by atomic mass is 19.1. The molecule has 0 aliphatic carbocycles. The number of pyridine rings is 1. The minimum absolute atomic E-state index is 0.0163. The van der Waals surface area contributed by atoms with Gasteiger partial charge in [-0.1, -0.05) is 6.07 Å². The number of benzene rings is 1. The summed E-state index contributed by atoms with van der Waals surface area (Å²) in [6, 6.07) is 11.6. The first-order valence-electron chi connectivity index (χ1n) is 10.9. The van der Waals surface area contributed by atoms with Crippen LogP contribution in [0.2, 0.25) is 0 Å². The fraction of sp³-hybridized carbons (Fsp3) is 0.333. The van der Waals surface area contributed by atoms with E-state index >= 15 is 0 Å². The van der Waals surface area contributed by atoms with Crippen molar-refractivity contribution in [3.63, 3.8) is 0 Å². The van der Waals surface area contributed by atoms with Crippen LogP contribution in [-0.4, -0.2) is 45.0 Å². The molecule has 0 unspecified atom stereocenters. The fourth-order valence-electron chi connectivity index (χ4n) is 4.32. The van der Waals surface area contributed by atoms with Crippen molar-refractivity contribution in [2.45, 2.75) is 37.8 Å². The van der Waals surface area contributed by atoms with Gasteiger partial charge in [0.15, 0.2) is 5.82 Å². The number of likely N-dealkylation sites (tertiary alicyclic amines) is 1. The molecule has 2 aliphatic heterocycles. The average molecular weight is 433 g/mol. The Balaban J connectivity index is 1.51. The van der Waals surface area contributed by atoms with E-state index in [-0.39, 0.29) is 23.9 Å². The first-order valence-corrected chi connectivity index (χ1v) is 10.9. The van der Waals surface area contributed by atoms with Gasteiger partial charge >= 0.3 is 0 Å². The summed E-state index contributed by atoms with van der Waals surface area (Å²) in [5, 5.41) is 3.18. The average Bonchev–Trinajstić information content (AvgIpc) is 3.52. The third-order valence-corrected chi connectivity index (χ3v) is 5.86. The molecule has 3 aromatic rings. The quantitative estimate of drug-likeness (QED) is 0.648. The molecular formula is C24H24FN5O2. The van der Waals surface area contributed by atoms with E-state index in [1.807, 2.05) is 23.1 Å². The predicted octanol–water partition coefficient (Wildman–Crippen LogP) is 4.26. The number of rotatable bonds is 5. The predicted molar refractivity (Wildman–Crippen MR) is 118 cm³/mol. The van der Waals surface area contributed by atoms with Gasteiger partial charge in [0.2, 0.25) is 0 Å². The standard InChI is InChI=1S/C24H24FN5O2/c25-17-4-1-5-18(14-17)27-22-15-19(16-8-10-26-11-9-16)28-23(29-22)20-6-2-12-30(20)24(31)21-7-3-13-32-21/h1,4-5,8-11,14-15,20-21H,2-3,6-7,12-13H2,(H,27,28,29)/t20-,21+/m0/s1. The van der Waals surface area contributed by atoms with E-state index in [4.69, 9.17) is 14.7 Å². The van der Waals surface area contributed by atoms with E-state index in [9.17, 15) is 9.18 Å². The van der Waals surface area contributed by atoms with Crippen molar-refractivity contribution in [3.8, 4) is 11.3 Å². The van der Waals surface area contributed by atoms with E-state index in [2.05, 4.69) is 10.3 Å². The lowest BCUT2D eigenvalue weighted by molar-refractivity contribution is -0.142. The van der Waals surface area contributed by atoms with Crippen LogP contribution in [0.25, 0.3) is 11.3 Å². The van der Waals surface area contributed by atoms with Crippen LogP contribution in [0.4, 0.5) is 15.9 Å². The normalized spacial score (nSPS) is 20.5. The molecule has 5 rings (SSSR count). The Hall–Kier alpha value is -3.39. The van der Waals surface area contributed by atoms with Crippen LogP contribution in [0.1, 0.15) is 37.5 Å². The van der Waals surface area contributed by atoms with E-state index in [1.54, 1.807) is 24.5 Å². The molecule has 0 saturated carbocycles. The van der Waals surface area contributed by atoms with Gasteiger partial charge in [-0.15, -0.1) is 0 Å². The molecule has 0 radical (unpaired) electrons. The third kappa shape index (κ3) is 4.31. The van der Waals surface area contributed by atoms with Crippen LogP contribution < -0.4 is 5.32 Å². The molecule has 2 saturated heterocycles. The molecule has 2 aromatic heterocycles. The number of aromatic nitrogens is 3. The highest BCUT2D eigenvalue weighted by molar-refractivity contribution is 5.82. The van der Waals surface area contributed by atoms with Gasteiger partial charge in [-0.25, -0.2) is 14.4 Å². The molecule has 32 heavy (non-hydrogen) atoms. The van der Waals surface area contributed by atoms with E-state index in [0.29, 0.717) is 36.2 Å². The molecule has 1 N–H and O–H groups in total. The molecule has 1 aromatic carbocycles. The minimum atomic E-state index is -0.371. The second-order valence-corrected chi connectivity index (χ2v) is 8.06. The van der Waals surface area contributed by atoms with Gasteiger partial charge in [-0.05, 0) is 56.0 Å². The second-order valence-electron chi connectivity index (χ2n) is 8.06. The van der Waals surface area contributed by atoms with Crippen molar-refractivity contribution in [3.05, 3.63) is 66.5 Å². The number of ether oxygens (including phenoxy) is 1. The van der Waals surface area contributed by atoms with Crippen LogP contribution in [0, 0.1) is 5.82 Å². The van der Waals surface area contributed by atoms with Gasteiger partial charge in [0.1, 0.15) is 17.7 Å². The van der Waals surface area contributed by atoms with Crippen molar-refractivity contribution in [2.24, 2.45) is 0 Å². The molecule has 0 bridgehead atoms. The van der Waals surface area contributed by atoms with Gasteiger partial charge in [-0.3, -0.25) is 9.78 Å². The molecule has 7 nitrogen and oxygen atoms in total. The van der Waals surface area contributed by atoms with E-state index in [1.165, 1.54) is 12.1 Å². The third-order valence-electron chi connectivity index (χ3n) is 5.86. The van der Waals surface area contributed by atoms with Crippen molar-refractivity contribution >= 4 is 17.4 Å². The lowest BCUT2D eigenvalue weighted by Crippen LogP contribution is -2.39. The number of hydrogen-bond acceptors (Lipinski definition) is 6. The fourth-order valence-corrected chi connectivity index (χ4v) is 4.32. The molecule has 2 aliphatic rings. The van der Waals surface area contributed by atoms with Gasteiger partial charge in [0.05, 0.1) is 11.7 Å². The van der Waals surface area contributed by atoms with E-state index in [0.717, 1.165) is 31.2 Å². The van der Waals surface area contributed by atoms with E-state index < -0.39 is 0 Å². The number of nitrogens with one attached hydrogen (secondary N) is 1. The number of hydrogen-bond donors (Lipinski definition) is 1. The minimum Gasteiger partial charge on any atom is -0.368 e. The molecule has 2 fully saturated rings. The number of carbonyl (C=O) groups excluding carboxylic acids is 1. The smallest absolute Gasteiger partial charge is 0.252 e. The Morgan fingerprint density at radius 3 is 2.75 bits per heavy atom. The van der Waals surface area contributed by atoms with Crippen LogP contribution in [0.15, 0.2) is 54.9 Å². The first-order chi connectivity index (χ1) is 15.7. The Morgan fingerprint density at radius 1 is 1.09 bits per heavy atom. The van der Waals surface area contributed by atoms with Crippen LogP contribution in [0.3, 0.4) is 0 Å². The summed E-state index contributed by atoms with van der Waals surface area (Å²) in [5.74, 6) is 0.802. The maximum absolute atomic E-state index is 13.7. The van der Waals surface area contributed by atoms with Crippen LogP contribution in [-0.2, 0) is 9.53 Å². The largest absolute Gasteiger partial charge is 0.368 e. The molecule has 0 spiro atoms. The summed E-state index contributed by atoms with van der Waals surface area (Å²) < 4.78 is 19.3. The zero-order valence-corrected chi connectivity index (χ0v) is 17.6. The zero-order chi connectivity index (χ0) is 21.9. The van der Waals surface area contributed by atoms with Crippen LogP contribution >= 0.6 is 0 Å². The summed E-state index contributed by atoms with van der Waals surface area (Å²) >= 11 is 0.